The second-order valence-electron chi connectivity index (χ2n) is 3.26. The highest BCUT2D eigenvalue weighted by Gasteiger charge is 2.09. The monoisotopic (exact) mass is 194 g/mol. The lowest BCUT2D eigenvalue weighted by molar-refractivity contribution is -0.143. The fraction of sp³-hybridized carbons (Fsp3) is 0.400. The lowest BCUT2D eigenvalue weighted by Gasteiger charge is -2.13. The first-order valence-corrected chi connectivity index (χ1v) is 4.42. The molecule has 0 aliphatic rings. The highest BCUT2D eigenvalue weighted by molar-refractivity contribution is 5.87. The molecule has 1 aromatic heterocycles. The van der Waals surface area contributed by atoms with E-state index in [-0.39, 0.29) is 12.1 Å². The second kappa shape index (κ2) is 4.60. The highest BCUT2D eigenvalue weighted by Crippen LogP contribution is 2.01. The maximum Gasteiger partial charge on any atom is 0.333 e. The third-order valence-electron chi connectivity index (χ3n) is 1.68. The van der Waals surface area contributed by atoms with Gasteiger partial charge < -0.3 is 9.30 Å². The number of rotatable bonds is 4. The Hall–Kier alpha value is -1.58. The first-order valence-electron chi connectivity index (χ1n) is 4.42. The van der Waals surface area contributed by atoms with Crippen LogP contribution in [0.25, 0.3) is 0 Å². The summed E-state index contributed by atoms with van der Waals surface area (Å²) >= 11 is 0. The van der Waals surface area contributed by atoms with Crippen LogP contribution in [0.4, 0.5) is 0 Å². The largest absolute Gasteiger partial charge is 0.457 e. The van der Waals surface area contributed by atoms with Crippen molar-refractivity contribution in [1.29, 1.82) is 0 Å². The molecule has 1 unspecified atom stereocenters. The number of carbonyl (C=O) groups excluding carboxylic acids is 1. The van der Waals surface area contributed by atoms with Crippen molar-refractivity contribution in [3.8, 4) is 0 Å². The van der Waals surface area contributed by atoms with E-state index < -0.39 is 0 Å². The molecule has 4 nitrogen and oxygen atoms in total. The Kier molecular flexibility index (Phi) is 3.45. The summed E-state index contributed by atoms with van der Waals surface area (Å²) < 4.78 is 6.96. The van der Waals surface area contributed by atoms with E-state index in [1.54, 1.807) is 19.4 Å². The molecule has 1 heterocycles. The van der Waals surface area contributed by atoms with Crippen molar-refractivity contribution in [3.05, 3.63) is 30.9 Å². The van der Waals surface area contributed by atoms with E-state index in [1.807, 2.05) is 17.7 Å². The molecule has 1 atom stereocenters. The van der Waals surface area contributed by atoms with Crippen molar-refractivity contribution in [2.24, 2.45) is 0 Å². The van der Waals surface area contributed by atoms with Crippen LogP contribution < -0.4 is 0 Å². The summed E-state index contributed by atoms with van der Waals surface area (Å²) in [6, 6.07) is 0. The zero-order valence-corrected chi connectivity index (χ0v) is 8.43. The number of ether oxygens (including phenoxy) is 1. The number of aromatic nitrogens is 2. The first-order chi connectivity index (χ1) is 6.59. The van der Waals surface area contributed by atoms with Gasteiger partial charge in [0.25, 0.3) is 0 Å². The lowest BCUT2D eigenvalue weighted by Crippen LogP contribution is -2.20. The summed E-state index contributed by atoms with van der Waals surface area (Å²) in [4.78, 5) is 15.0. The zero-order valence-electron chi connectivity index (χ0n) is 8.43. The SMILES string of the molecule is C=C(C)C(=O)OC(C)Cn1ccnc1. The number of esters is 1. The summed E-state index contributed by atoms with van der Waals surface area (Å²) in [5.41, 5.74) is 0.419. The molecular weight excluding hydrogens is 180 g/mol. The van der Waals surface area contributed by atoms with Crippen LogP contribution in [0.3, 0.4) is 0 Å². The van der Waals surface area contributed by atoms with Crippen molar-refractivity contribution < 1.29 is 9.53 Å². The predicted octanol–water partition coefficient (Wildman–Crippen LogP) is 1.39. The smallest absolute Gasteiger partial charge is 0.333 e. The molecule has 76 valence electrons. The number of hydrogen-bond acceptors (Lipinski definition) is 3. The van der Waals surface area contributed by atoms with Gasteiger partial charge in [0.05, 0.1) is 12.9 Å². The van der Waals surface area contributed by atoms with Crippen LogP contribution in [-0.4, -0.2) is 21.6 Å². The minimum Gasteiger partial charge on any atom is -0.457 e. The molecule has 0 spiro atoms. The average molecular weight is 194 g/mol. The van der Waals surface area contributed by atoms with Gasteiger partial charge in [-0.15, -0.1) is 0 Å². The Morgan fingerprint density at radius 3 is 2.93 bits per heavy atom. The molecule has 0 bridgehead atoms. The summed E-state index contributed by atoms with van der Waals surface area (Å²) in [5, 5.41) is 0. The van der Waals surface area contributed by atoms with Gasteiger partial charge in [0, 0.05) is 18.0 Å². The Labute approximate surface area is 83.2 Å². The van der Waals surface area contributed by atoms with Crippen molar-refractivity contribution in [1.82, 2.24) is 9.55 Å². The van der Waals surface area contributed by atoms with Crippen LogP contribution in [0.1, 0.15) is 13.8 Å². The van der Waals surface area contributed by atoms with Crippen molar-refractivity contribution in [2.75, 3.05) is 0 Å². The molecule has 0 aliphatic heterocycles. The van der Waals surface area contributed by atoms with Crippen LogP contribution in [0.5, 0.6) is 0 Å². The minimum absolute atomic E-state index is 0.173. The molecule has 1 rings (SSSR count). The highest BCUT2D eigenvalue weighted by atomic mass is 16.5. The van der Waals surface area contributed by atoms with Gasteiger partial charge >= 0.3 is 5.97 Å². The third-order valence-corrected chi connectivity index (χ3v) is 1.68. The summed E-state index contributed by atoms with van der Waals surface area (Å²) in [6.07, 6.45) is 5.03. The molecule has 0 aromatic carbocycles. The summed E-state index contributed by atoms with van der Waals surface area (Å²) in [5.74, 6) is -0.349. The van der Waals surface area contributed by atoms with Gasteiger partial charge in [-0.1, -0.05) is 6.58 Å². The van der Waals surface area contributed by atoms with E-state index in [2.05, 4.69) is 11.6 Å². The van der Waals surface area contributed by atoms with Crippen molar-refractivity contribution in [3.63, 3.8) is 0 Å². The zero-order chi connectivity index (χ0) is 10.6. The van der Waals surface area contributed by atoms with Crippen LogP contribution in [-0.2, 0) is 16.1 Å². The normalized spacial score (nSPS) is 12.1. The minimum atomic E-state index is -0.349. The van der Waals surface area contributed by atoms with Gasteiger partial charge in [-0.05, 0) is 13.8 Å². The van der Waals surface area contributed by atoms with Crippen LogP contribution in [0.15, 0.2) is 30.9 Å². The molecule has 0 aliphatic carbocycles. The molecule has 0 saturated heterocycles. The Morgan fingerprint density at radius 2 is 2.43 bits per heavy atom. The first kappa shape index (κ1) is 10.5. The van der Waals surface area contributed by atoms with Crippen LogP contribution in [0.2, 0.25) is 0 Å². The maximum absolute atomic E-state index is 11.1. The van der Waals surface area contributed by atoms with Gasteiger partial charge in [0.1, 0.15) is 6.10 Å². The van der Waals surface area contributed by atoms with Crippen molar-refractivity contribution in [2.45, 2.75) is 26.5 Å². The predicted molar refractivity (Wildman–Crippen MR) is 52.6 cm³/mol. The molecule has 1 aromatic rings. The van der Waals surface area contributed by atoms with E-state index in [0.717, 1.165) is 0 Å². The van der Waals surface area contributed by atoms with Gasteiger partial charge in [0.15, 0.2) is 0 Å². The van der Waals surface area contributed by atoms with Crippen LogP contribution >= 0.6 is 0 Å². The van der Waals surface area contributed by atoms with Crippen LogP contribution in [0, 0.1) is 0 Å². The Balaban J connectivity index is 2.40. The van der Waals surface area contributed by atoms with Gasteiger partial charge in [-0.3, -0.25) is 0 Å². The average Bonchev–Trinajstić information content (AvgIpc) is 2.56. The number of imidazole rings is 1. The molecule has 4 heteroatoms. The lowest BCUT2D eigenvalue weighted by atomic mass is 10.3. The summed E-state index contributed by atoms with van der Waals surface area (Å²) in [7, 11) is 0. The van der Waals surface area contributed by atoms with E-state index >= 15 is 0 Å². The second-order valence-corrected chi connectivity index (χ2v) is 3.26. The Bertz CT molecular complexity index is 317. The van der Waals surface area contributed by atoms with E-state index in [0.29, 0.717) is 12.1 Å². The fourth-order valence-corrected chi connectivity index (χ4v) is 1.01. The quantitative estimate of drug-likeness (QED) is 0.537. The molecule has 14 heavy (non-hydrogen) atoms. The van der Waals surface area contributed by atoms with E-state index in [9.17, 15) is 4.79 Å². The fourth-order valence-electron chi connectivity index (χ4n) is 1.01. The molecule has 0 radical (unpaired) electrons. The third kappa shape index (κ3) is 3.05. The van der Waals surface area contributed by atoms with E-state index in [1.165, 1.54) is 0 Å². The van der Waals surface area contributed by atoms with Gasteiger partial charge in [0.2, 0.25) is 0 Å². The number of nitrogens with zero attached hydrogens (tertiary/aromatic N) is 2. The molecule has 0 fully saturated rings. The molecular formula is C10H14N2O2. The van der Waals surface area contributed by atoms with Gasteiger partial charge in [-0.2, -0.15) is 0 Å². The molecule has 0 amide bonds. The summed E-state index contributed by atoms with van der Waals surface area (Å²) in [6.45, 7) is 7.59. The van der Waals surface area contributed by atoms with E-state index in [4.69, 9.17) is 4.74 Å². The standard InChI is InChI=1S/C10H14N2O2/c1-8(2)10(13)14-9(3)6-12-5-4-11-7-12/h4-5,7,9H,1,6H2,2-3H3. The van der Waals surface area contributed by atoms with Crippen molar-refractivity contribution >= 4 is 5.97 Å². The number of hydrogen-bond donors (Lipinski definition) is 0. The Morgan fingerprint density at radius 1 is 1.71 bits per heavy atom. The molecule has 0 N–H and O–H groups in total. The number of carbonyl (C=O) groups is 1. The topological polar surface area (TPSA) is 44.1 Å². The molecule has 0 saturated carbocycles. The van der Waals surface area contributed by atoms with Gasteiger partial charge in [-0.25, -0.2) is 9.78 Å². The maximum atomic E-state index is 11.1.